The lowest BCUT2D eigenvalue weighted by molar-refractivity contribution is 0.102. The fraction of sp³-hybridized carbons (Fsp3) is 0.412. The van der Waals surface area contributed by atoms with E-state index in [0.29, 0.717) is 11.2 Å². The maximum atomic E-state index is 13.6. The van der Waals surface area contributed by atoms with Crippen LogP contribution in [0.5, 0.6) is 0 Å². The van der Waals surface area contributed by atoms with Crippen molar-refractivity contribution in [1.82, 2.24) is 9.88 Å². The van der Waals surface area contributed by atoms with Crippen LogP contribution in [0.25, 0.3) is 0 Å². The van der Waals surface area contributed by atoms with Gasteiger partial charge in [0.1, 0.15) is 11.6 Å². The Balaban J connectivity index is 1.65. The van der Waals surface area contributed by atoms with Gasteiger partial charge in [-0.25, -0.2) is 13.8 Å². The molecule has 3 rings (SSSR count). The topological polar surface area (TPSA) is 45.2 Å². The van der Waals surface area contributed by atoms with E-state index < -0.39 is 17.5 Å². The van der Waals surface area contributed by atoms with Gasteiger partial charge in [0.25, 0.3) is 5.91 Å². The van der Waals surface area contributed by atoms with Crippen molar-refractivity contribution < 1.29 is 13.6 Å². The van der Waals surface area contributed by atoms with Crippen LogP contribution in [-0.2, 0) is 6.54 Å². The van der Waals surface area contributed by atoms with E-state index in [1.807, 2.05) is 0 Å². The van der Waals surface area contributed by atoms with Gasteiger partial charge in [-0.1, -0.05) is 6.42 Å². The number of carbonyl (C=O) groups is 1. The lowest BCUT2D eigenvalue weighted by atomic mass is 10.0. The molecule has 1 aromatic heterocycles. The number of anilines is 1. The summed E-state index contributed by atoms with van der Waals surface area (Å²) in [5.41, 5.74) is -0.323. The summed E-state index contributed by atoms with van der Waals surface area (Å²) in [4.78, 5) is 19.7. The standard InChI is InChI=1S/C17H19F2N3OS/c1-11-4-2-3-7-22(11)10-13-9-20-17(24-13)21-16(23)14-8-12(18)5-6-15(14)19/h5-6,8-9,11H,2-4,7,10H2,1H3,(H,20,21,23). The van der Waals surface area contributed by atoms with Crippen molar-refractivity contribution in [3.63, 3.8) is 0 Å². The Labute approximate surface area is 143 Å². The molecule has 2 heterocycles. The van der Waals surface area contributed by atoms with Crippen molar-refractivity contribution >= 4 is 22.4 Å². The molecule has 1 fully saturated rings. The van der Waals surface area contributed by atoms with E-state index in [0.717, 1.165) is 36.2 Å². The van der Waals surface area contributed by atoms with E-state index in [9.17, 15) is 13.6 Å². The molecule has 1 aromatic carbocycles. The summed E-state index contributed by atoms with van der Waals surface area (Å²) in [6.45, 7) is 4.08. The average molecular weight is 351 g/mol. The molecule has 0 spiro atoms. The predicted molar refractivity (Wildman–Crippen MR) is 90.1 cm³/mol. The molecular weight excluding hydrogens is 332 g/mol. The highest BCUT2D eigenvalue weighted by atomic mass is 32.1. The second-order valence-corrected chi connectivity index (χ2v) is 7.14. The highest BCUT2D eigenvalue weighted by molar-refractivity contribution is 7.15. The van der Waals surface area contributed by atoms with Gasteiger partial charge in [0.15, 0.2) is 5.13 Å². The number of nitrogens with one attached hydrogen (secondary N) is 1. The van der Waals surface area contributed by atoms with Crippen molar-refractivity contribution in [1.29, 1.82) is 0 Å². The first-order valence-corrected chi connectivity index (χ1v) is 8.80. The number of hydrogen-bond acceptors (Lipinski definition) is 4. The van der Waals surface area contributed by atoms with Crippen molar-refractivity contribution in [3.8, 4) is 0 Å². The predicted octanol–water partition coefficient (Wildman–Crippen LogP) is 4.05. The normalized spacial score (nSPS) is 18.5. The average Bonchev–Trinajstić information content (AvgIpc) is 2.99. The highest BCUT2D eigenvalue weighted by Gasteiger charge is 2.20. The Morgan fingerprint density at radius 2 is 2.25 bits per heavy atom. The number of rotatable bonds is 4. The Hall–Kier alpha value is -1.86. The molecule has 0 aliphatic carbocycles. The van der Waals surface area contributed by atoms with E-state index in [1.54, 1.807) is 6.20 Å². The SMILES string of the molecule is CC1CCCCN1Cc1cnc(NC(=O)c2cc(F)ccc2F)s1. The first-order valence-electron chi connectivity index (χ1n) is 7.98. The molecule has 1 atom stereocenters. The molecule has 1 unspecified atom stereocenters. The minimum atomic E-state index is -0.757. The first kappa shape index (κ1) is 17.0. The molecule has 1 amide bonds. The van der Waals surface area contributed by atoms with E-state index >= 15 is 0 Å². The molecule has 1 saturated heterocycles. The Bertz CT molecular complexity index is 734. The minimum Gasteiger partial charge on any atom is -0.298 e. The summed E-state index contributed by atoms with van der Waals surface area (Å²) in [6.07, 6.45) is 5.39. The summed E-state index contributed by atoms with van der Waals surface area (Å²) in [7, 11) is 0. The Kier molecular flexibility index (Phi) is 5.20. The summed E-state index contributed by atoms with van der Waals surface area (Å²) < 4.78 is 26.8. The number of aromatic nitrogens is 1. The van der Waals surface area contributed by atoms with Crippen LogP contribution >= 0.6 is 11.3 Å². The zero-order chi connectivity index (χ0) is 17.1. The van der Waals surface area contributed by atoms with E-state index in [-0.39, 0.29) is 5.56 Å². The summed E-state index contributed by atoms with van der Waals surface area (Å²) in [6, 6.07) is 3.34. The van der Waals surface area contributed by atoms with Gasteiger partial charge < -0.3 is 0 Å². The summed E-state index contributed by atoms with van der Waals surface area (Å²) >= 11 is 1.36. The number of thiazole rings is 1. The lowest BCUT2D eigenvalue weighted by Gasteiger charge is -2.32. The van der Waals surface area contributed by atoms with Crippen molar-refractivity contribution in [2.45, 2.75) is 38.8 Å². The summed E-state index contributed by atoms with van der Waals surface area (Å²) in [5, 5.41) is 2.93. The largest absolute Gasteiger partial charge is 0.298 e. The third-order valence-electron chi connectivity index (χ3n) is 4.25. The molecule has 1 aliphatic heterocycles. The van der Waals surface area contributed by atoms with Crippen molar-refractivity contribution in [2.75, 3.05) is 11.9 Å². The van der Waals surface area contributed by atoms with Crippen molar-refractivity contribution in [3.05, 3.63) is 46.5 Å². The van der Waals surface area contributed by atoms with Crippen LogP contribution in [0.3, 0.4) is 0 Å². The number of benzene rings is 1. The molecule has 2 aromatic rings. The molecule has 1 aliphatic rings. The Morgan fingerprint density at radius 3 is 3.04 bits per heavy atom. The van der Waals surface area contributed by atoms with E-state index in [1.165, 1.54) is 30.6 Å². The number of nitrogens with zero attached hydrogens (tertiary/aromatic N) is 2. The van der Waals surface area contributed by atoms with Gasteiger partial charge >= 0.3 is 0 Å². The van der Waals surface area contributed by atoms with Gasteiger partial charge in [0.2, 0.25) is 0 Å². The molecule has 0 radical (unpaired) electrons. The molecule has 7 heteroatoms. The third-order valence-corrected chi connectivity index (χ3v) is 5.14. The van der Waals surface area contributed by atoms with Crippen LogP contribution in [0, 0.1) is 11.6 Å². The van der Waals surface area contributed by atoms with E-state index in [2.05, 4.69) is 22.1 Å². The molecule has 1 N–H and O–H groups in total. The maximum absolute atomic E-state index is 13.6. The molecule has 0 saturated carbocycles. The smallest absolute Gasteiger partial charge is 0.260 e. The maximum Gasteiger partial charge on any atom is 0.260 e. The Morgan fingerprint density at radius 1 is 1.42 bits per heavy atom. The molecule has 128 valence electrons. The molecular formula is C17H19F2N3OS. The second kappa shape index (κ2) is 7.36. The monoisotopic (exact) mass is 351 g/mol. The van der Waals surface area contributed by atoms with Crippen LogP contribution in [-0.4, -0.2) is 28.4 Å². The fourth-order valence-electron chi connectivity index (χ4n) is 2.87. The van der Waals surface area contributed by atoms with Gasteiger partial charge in [-0.05, 0) is 44.5 Å². The summed E-state index contributed by atoms with van der Waals surface area (Å²) in [5.74, 6) is -2.10. The zero-order valence-electron chi connectivity index (χ0n) is 13.4. The van der Waals surface area contributed by atoms with Gasteiger partial charge in [0.05, 0.1) is 5.56 Å². The van der Waals surface area contributed by atoms with Crippen LogP contribution in [0.15, 0.2) is 24.4 Å². The number of piperidine rings is 1. The molecule has 24 heavy (non-hydrogen) atoms. The third kappa shape index (κ3) is 3.96. The minimum absolute atomic E-state index is 0.323. The molecule has 4 nitrogen and oxygen atoms in total. The first-order chi connectivity index (χ1) is 11.5. The number of carbonyl (C=O) groups excluding carboxylic acids is 1. The van der Waals surface area contributed by atoms with E-state index in [4.69, 9.17) is 0 Å². The second-order valence-electron chi connectivity index (χ2n) is 6.03. The number of halogens is 2. The quantitative estimate of drug-likeness (QED) is 0.904. The lowest BCUT2D eigenvalue weighted by Crippen LogP contribution is -2.36. The van der Waals surface area contributed by atoms with Crippen LogP contribution in [0.1, 0.15) is 41.4 Å². The fourth-order valence-corrected chi connectivity index (χ4v) is 3.70. The zero-order valence-corrected chi connectivity index (χ0v) is 14.2. The van der Waals surface area contributed by atoms with Gasteiger partial charge in [-0.15, -0.1) is 11.3 Å². The van der Waals surface area contributed by atoms with Gasteiger partial charge in [-0.2, -0.15) is 0 Å². The number of amides is 1. The van der Waals surface area contributed by atoms with Crippen LogP contribution < -0.4 is 5.32 Å². The van der Waals surface area contributed by atoms with Gasteiger partial charge in [-0.3, -0.25) is 15.0 Å². The van der Waals surface area contributed by atoms with Crippen LogP contribution in [0.2, 0.25) is 0 Å². The highest BCUT2D eigenvalue weighted by Crippen LogP contribution is 2.24. The van der Waals surface area contributed by atoms with Crippen molar-refractivity contribution in [2.24, 2.45) is 0 Å². The molecule has 0 bridgehead atoms. The van der Waals surface area contributed by atoms with Crippen LogP contribution in [0.4, 0.5) is 13.9 Å². The van der Waals surface area contributed by atoms with Gasteiger partial charge in [0, 0.05) is 23.7 Å². The number of hydrogen-bond donors (Lipinski definition) is 1. The number of likely N-dealkylation sites (tertiary alicyclic amines) is 1.